The van der Waals surface area contributed by atoms with E-state index in [1.165, 1.54) is 6.08 Å². The standard InChI is InChI=1S/C5H5N3/c6-2-1-5-7-3-4-8-5/h1-4H,(H,7,8). The van der Waals surface area contributed by atoms with E-state index in [1.54, 1.807) is 12.4 Å². The Morgan fingerprint density at radius 3 is 3.12 bits per heavy atom. The van der Waals surface area contributed by atoms with Gasteiger partial charge in [-0.1, -0.05) is 0 Å². The Kier molecular flexibility index (Phi) is 1.32. The molecule has 0 fully saturated rings. The fourth-order valence-corrected chi connectivity index (χ4v) is 0.439. The molecular weight excluding hydrogens is 102 g/mol. The van der Waals surface area contributed by atoms with Crippen molar-refractivity contribution in [1.82, 2.24) is 15.7 Å². The second kappa shape index (κ2) is 2.16. The van der Waals surface area contributed by atoms with E-state index in [2.05, 4.69) is 9.97 Å². The number of aromatic nitrogens is 2. The molecule has 0 aromatic carbocycles. The second-order valence-corrected chi connectivity index (χ2v) is 1.29. The molecular formula is C5H5N3. The summed E-state index contributed by atoms with van der Waals surface area (Å²) in [5, 5.41) is 0. The van der Waals surface area contributed by atoms with Crippen LogP contribution in [0.15, 0.2) is 18.6 Å². The second-order valence-electron chi connectivity index (χ2n) is 1.29. The van der Waals surface area contributed by atoms with E-state index in [1.807, 2.05) is 0 Å². The van der Waals surface area contributed by atoms with Crippen LogP contribution in [0.3, 0.4) is 0 Å². The van der Waals surface area contributed by atoms with Gasteiger partial charge in [-0.05, 0) is 0 Å². The summed E-state index contributed by atoms with van der Waals surface area (Å²) in [5.74, 6) is 0.660. The van der Waals surface area contributed by atoms with Crippen LogP contribution in [0.1, 0.15) is 5.82 Å². The maximum atomic E-state index is 8.20. The van der Waals surface area contributed by atoms with Crippen LogP contribution in [-0.2, 0) is 0 Å². The number of imidazole rings is 1. The first kappa shape index (κ1) is 4.90. The number of hydrogen-bond donors (Lipinski definition) is 1. The van der Waals surface area contributed by atoms with Crippen LogP contribution in [0.4, 0.5) is 0 Å². The average Bonchev–Trinajstić information content (AvgIpc) is 2.19. The summed E-state index contributed by atoms with van der Waals surface area (Å²) in [4.78, 5) is 6.58. The van der Waals surface area contributed by atoms with Crippen LogP contribution in [0, 0.1) is 0 Å². The predicted molar refractivity (Wildman–Crippen MR) is 29.8 cm³/mol. The Balaban J connectivity index is 2.77. The maximum absolute atomic E-state index is 8.20. The third-order valence-corrected chi connectivity index (χ3v) is 0.752. The van der Waals surface area contributed by atoms with Crippen molar-refractivity contribution in [3.05, 3.63) is 24.4 Å². The lowest BCUT2D eigenvalue weighted by Gasteiger charge is -1.74. The topological polar surface area (TPSA) is 51.0 Å². The SMILES string of the molecule is [N]C=Cc1ncc[nH]1. The van der Waals surface area contributed by atoms with Gasteiger partial charge in [0.2, 0.25) is 0 Å². The highest BCUT2D eigenvalue weighted by Crippen LogP contribution is 1.88. The number of hydrogen-bond acceptors (Lipinski definition) is 1. The van der Waals surface area contributed by atoms with Gasteiger partial charge in [0.1, 0.15) is 5.82 Å². The molecule has 1 rings (SSSR count). The highest BCUT2D eigenvalue weighted by atomic mass is 14.9. The van der Waals surface area contributed by atoms with Gasteiger partial charge in [-0.3, -0.25) is 0 Å². The van der Waals surface area contributed by atoms with Crippen molar-refractivity contribution in [2.45, 2.75) is 0 Å². The van der Waals surface area contributed by atoms with E-state index in [9.17, 15) is 0 Å². The minimum Gasteiger partial charge on any atom is -0.345 e. The molecule has 8 heavy (non-hydrogen) atoms. The zero-order valence-electron chi connectivity index (χ0n) is 4.20. The number of aromatic amines is 1. The lowest BCUT2D eigenvalue weighted by Crippen LogP contribution is -1.71. The van der Waals surface area contributed by atoms with Crippen LogP contribution >= 0.6 is 0 Å². The van der Waals surface area contributed by atoms with Gasteiger partial charge in [-0.15, -0.1) is 0 Å². The lowest BCUT2D eigenvalue weighted by molar-refractivity contribution is 1.26. The zero-order chi connectivity index (χ0) is 5.82. The van der Waals surface area contributed by atoms with Gasteiger partial charge >= 0.3 is 0 Å². The summed E-state index contributed by atoms with van der Waals surface area (Å²) >= 11 is 0. The maximum Gasteiger partial charge on any atom is 0.131 e. The molecule has 0 unspecified atom stereocenters. The zero-order valence-corrected chi connectivity index (χ0v) is 4.20. The van der Waals surface area contributed by atoms with Crippen molar-refractivity contribution >= 4 is 6.08 Å². The first-order chi connectivity index (χ1) is 3.93. The molecule has 1 aromatic heterocycles. The van der Waals surface area contributed by atoms with E-state index >= 15 is 0 Å². The third kappa shape index (κ3) is 0.872. The molecule has 1 aromatic rings. The van der Waals surface area contributed by atoms with Gasteiger partial charge in [0.05, 0.1) is 6.20 Å². The molecule has 2 radical (unpaired) electrons. The van der Waals surface area contributed by atoms with Gasteiger partial charge in [0, 0.05) is 18.5 Å². The van der Waals surface area contributed by atoms with Crippen LogP contribution in [-0.4, -0.2) is 9.97 Å². The Bertz CT molecular complexity index is 164. The molecule has 0 amide bonds. The molecule has 0 atom stereocenters. The third-order valence-electron chi connectivity index (χ3n) is 0.752. The summed E-state index contributed by atoms with van der Waals surface area (Å²) in [6.45, 7) is 0. The van der Waals surface area contributed by atoms with Gasteiger partial charge < -0.3 is 4.98 Å². The molecule has 3 nitrogen and oxygen atoms in total. The quantitative estimate of drug-likeness (QED) is 0.556. The Labute approximate surface area is 47.2 Å². The average molecular weight is 107 g/mol. The van der Waals surface area contributed by atoms with E-state index in [4.69, 9.17) is 5.73 Å². The van der Waals surface area contributed by atoms with Gasteiger partial charge in [-0.2, -0.15) is 5.73 Å². The van der Waals surface area contributed by atoms with Crippen molar-refractivity contribution in [2.75, 3.05) is 0 Å². The molecule has 1 N–H and O–H groups in total. The fourth-order valence-electron chi connectivity index (χ4n) is 0.439. The van der Waals surface area contributed by atoms with Crippen molar-refractivity contribution < 1.29 is 0 Å². The number of nitrogens with one attached hydrogen (secondary N) is 1. The first-order valence-corrected chi connectivity index (χ1v) is 2.23. The predicted octanol–water partition coefficient (Wildman–Crippen LogP) is 0.449. The molecule has 0 aliphatic carbocycles. The summed E-state index contributed by atoms with van der Waals surface area (Å²) in [6, 6.07) is 0. The Morgan fingerprint density at radius 1 is 1.75 bits per heavy atom. The molecule has 1 heterocycles. The highest BCUT2D eigenvalue weighted by Gasteiger charge is 1.81. The Morgan fingerprint density at radius 2 is 2.62 bits per heavy atom. The lowest BCUT2D eigenvalue weighted by atomic mass is 10.6. The van der Waals surface area contributed by atoms with E-state index in [-0.39, 0.29) is 0 Å². The van der Waals surface area contributed by atoms with Gasteiger partial charge in [0.15, 0.2) is 0 Å². The van der Waals surface area contributed by atoms with Crippen LogP contribution in [0.2, 0.25) is 0 Å². The number of H-pyrrole nitrogens is 1. The monoisotopic (exact) mass is 107 g/mol. The molecule has 0 bridgehead atoms. The summed E-state index contributed by atoms with van der Waals surface area (Å²) < 4.78 is 0. The molecule has 40 valence electrons. The van der Waals surface area contributed by atoms with Crippen molar-refractivity contribution in [2.24, 2.45) is 0 Å². The van der Waals surface area contributed by atoms with Crippen LogP contribution in [0.5, 0.6) is 0 Å². The largest absolute Gasteiger partial charge is 0.345 e. The molecule has 0 saturated heterocycles. The van der Waals surface area contributed by atoms with E-state index < -0.39 is 0 Å². The van der Waals surface area contributed by atoms with Gasteiger partial charge in [0.25, 0.3) is 0 Å². The molecule has 0 aliphatic rings. The van der Waals surface area contributed by atoms with Crippen LogP contribution in [0.25, 0.3) is 6.08 Å². The summed E-state index contributed by atoms with van der Waals surface area (Å²) in [6.07, 6.45) is 5.73. The molecule has 0 aliphatic heterocycles. The van der Waals surface area contributed by atoms with Gasteiger partial charge in [-0.25, -0.2) is 4.98 Å². The minimum atomic E-state index is 0.660. The number of rotatable bonds is 1. The smallest absolute Gasteiger partial charge is 0.131 e. The fraction of sp³-hybridized carbons (Fsp3) is 0. The highest BCUT2D eigenvalue weighted by molar-refractivity contribution is 5.37. The van der Waals surface area contributed by atoms with Crippen molar-refractivity contribution in [1.29, 1.82) is 0 Å². The van der Waals surface area contributed by atoms with Crippen molar-refractivity contribution in [3.63, 3.8) is 0 Å². The van der Waals surface area contributed by atoms with Crippen molar-refractivity contribution in [3.8, 4) is 0 Å². The molecule has 3 heteroatoms. The number of nitrogens with zero attached hydrogens (tertiary/aromatic N) is 2. The molecule has 0 spiro atoms. The molecule has 0 saturated carbocycles. The van der Waals surface area contributed by atoms with E-state index in [0.29, 0.717) is 5.82 Å². The first-order valence-electron chi connectivity index (χ1n) is 2.23. The summed E-state index contributed by atoms with van der Waals surface area (Å²) in [5.41, 5.74) is 8.20. The van der Waals surface area contributed by atoms with E-state index in [0.717, 1.165) is 6.20 Å². The summed E-state index contributed by atoms with van der Waals surface area (Å²) in [7, 11) is 0. The van der Waals surface area contributed by atoms with Crippen LogP contribution < -0.4 is 5.73 Å². The minimum absolute atomic E-state index is 0.660. The Hall–Kier alpha value is -1.25. The normalized spacial score (nSPS) is 10.5.